The van der Waals surface area contributed by atoms with E-state index >= 15 is 0 Å². The highest BCUT2D eigenvalue weighted by atomic mass is 32.2. The summed E-state index contributed by atoms with van der Waals surface area (Å²) in [7, 11) is -3.79. The number of aliphatic hydroxyl groups excluding tert-OH is 2. The molecule has 0 aromatic carbocycles. The first kappa shape index (κ1) is 16.0. The quantitative estimate of drug-likeness (QED) is 0.253. The summed E-state index contributed by atoms with van der Waals surface area (Å²) < 4.78 is 27.3. The highest BCUT2D eigenvalue weighted by Crippen LogP contribution is 1.78. The first-order valence-corrected chi connectivity index (χ1v) is 5.57. The van der Waals surface area contributed by atoms with Crippen LogP contribution in [-0.4, -0.2) is 55.2 Å². The largest absolute Gasteiger partial charge is 0.395 e. The van der Waals surface area contributed by atoms with Crippen molar-refractivity contribution in [3.05, 3.63) is 12.7 Å². The highest BCUT2D eigenvalue weighted by Gasteiger charge is 1.95. The fourth-order valence-corrected chi connectivity index (χ4v) is 0.730. The molecule has 0 aliphatic rings. The van der Waals surface area contributed by atoms with Gasteiger partial charge in [-0.3, -0.25) is 4.55 Å². The SMILES string of the molecule is C=CCS(=O)(=O)O.OCCNCCO. The summed E-state index contributed by atoms with van der Waals surface area (Å²) >= 11 is 0. The van der Waals surface area contributed by atoms with E-state index in [2.05, 4.69) is 11.9 Å². The minimum absolute atomic E-state index is 0.139. The van der Waals surface area contributed by atoms with E-state index in [1.54, 1.807) is 0 Å². The molecular formula is C7H17NO5S. The second-order valence-electron chi connectivity index (χ2n) is 2.23. The van der Waals surface area contributed by atoms with Crippen LogP contribution in [0.3, 0.4) is 0 Å². The van der Waals surface area contributed by atoms with Crippen molar-refractivity contribution >= 4 is 10.1 Å². The summed E-state index contributed by atoms with van der Waals surface area (Å²) in [4.78, 5) is 0. The number of hydrogen-bond donors (Lipinski definition) is 4. The smallest absolute Gasteiger partial charge is 0.268 e. The molecule has 0 radical (unpaired) electrons. The predicted octanol–water partition coefficient (Wildman–Crippen LogP) is -1.38. The Morgan fingerprint density at radius 2 is 1.64 bits per heavy atom. The maximum absolute atomic E-state index is 9.72. The molecule has 0 rings (SSSR count). The van der Waals surface area contributed by atoms with Crippen LogP contribution < -0.4 is 5.32 Å². The summed E-state index contributed by atoms with van der Waals surface area (Å²) in [6, 6.07) is 0. The van der Waals surface area contributed by atoms with Gasteiger partial charge in [0.2, 0.25) is 0 Å². The summed E-state index contributed by atoms with van der Waals surface area (Å²) in [6.45, 7) is 4.52. The normalized spacial score (nSPS) is 10.2. The van der Waals surface area contributed by atoms with E-state index in [0.29, 0.717) is 13.1 Å². The predicted molar refractivity (Wildman–Crippen MR) is 53.7 cm³/mol. The van der Waals surface area contributed by atoms with Crippen molar-refractivity contribution in [1.29, 1.82) is 0 Å². The molecule has 86 valence electrons. The lowest BCUT2D eigenvalue weighted by atomic mass is 10.6. The van der Waals surface area contributed by atoms with E-state index in [-0.39, 0.29) is 19.0 Å². The van der Waals surface area contributed by atoms with Gasteiger partial charge in [0.1, 0.15) is 0 Å². The summed E-state index contributed by atoms with van der Waals surface area (Å²) in [5, 5.41) is 19.1. The third-order valence-corrected chi connectivity index (χ3v) is 1.56. The molecule has 14 heavy (non-hydrogen) atoms. The Labute approximate surface area is 84.0 Å². The van der Waals surface area contributed by atoms with Crippen LogP contribution in [0.1, 0.15) is 0 Å². The van der Waals surface area contributed by atoms with Crippen molar-refractivity contribution in [3.8, 4) is 0 Å². The minimum Gasteiger partial charge on any atom is -0.395 e. The van der Waals surface area contributed by atoms with Crippen LogP contribution in [0.15, 0.2) is 12.7 Å². The molecule has 0 aliphatic heterocycles. The van der Waals surface area contributed by atoms with Crippen molar-refractivity contribution in [3.63, 3.8) is 0 Å². The van der Waals surface area contributed by atoms with Crippen LogP contribution in [0.4, 0.5) is 0 Å². The zero-order valence-corrected chi connectivity index (χ0v) is 8.70. The first-order valence-electron chi connectivity index (χ1n) is 3.96. The molecule has 7 heteroatoms. The Hall–Kier alpha value is -0.470. The fourth-order valence-electron chi connectivity index (χ4n) is 0.432. The molecule has 0 unspecified atom stereocenters. The lowest BCUT2D eigenvalue weighted by Gasteiger charge is -1.94. The second kappa shape index (κ2) is 10.6. The van der Waals surface area contributed by atoms with Crippen molar-refractivity contribution in [1.82, 2.24) is 5.32 Å². The zero-order valence-electron chi connectivity index (χ0n) is 7.89. The topological polar surface area (TPSA) is 107 Å². The van der Waals surface area contributed by atoms with E-state index in [4.69, 9.17) is 14.8 Å². The van der Waals surface area contributed by atoms with Gasteiger partial charge in [0.15, 0.2) is 0 Å². The molecule has 0 amide bonds. The maximum atomic E-state index is 9.72. The van der Waals surface area contributed by atoms with Crippen LogP contribution in [0.5, 0.6) is 0 Å². The standard InChI is InChI=1S/C4H11NO2.C3H6O3S/c6-3-1-5-2-4-7;1-2-3-7(4,5)6/h5-7H,1-4H2;2H,1,3H2,(H,4,5,6). The lowest BCUT2D eigenvalue weighted by molar-refractivity contribution is 0.266. The van der Waals surface area contributed by atoms with Gasteiger partial charge in [0.05, 0.1) is 19.0 Å². The third kappa shape index (κ3) is 22.5. The van der Waals surface area contributed by atoms with Crippen molar-refractivity contribution in [2.45, 2.75) is 0 Å². The molecule has 0 fully saturated rings. The molecule has 0 spiro atoms. The Morgan fingerprint density at radius 1 is 1.21 bits per heavy atom. The zero-order chi connectivity index (χ0) is 11.4. The van der Waals surface area contributed by atoms with Crippen molar-refractivity contribution in [2.75, 3.05) is 32.1 Å². The van der Waals surface area contributed by atoms with Crippen LogP contribution in [0.2, 0.25) is 0 Å². The molecule has 4 N–H and O–H groups in total. The van der Waals surface area contributed by atoms with Crippen LogP contribution >= 0.6 is 0 Å². The van der Waals surface area contributed by atoms with Gasteiger partial charge < -0.3 is 15.5 Å². The maximum Gasteiger partial charge on any atom is 0.268 e. The molecule has 0 saturated heterocycles. The van der Waals surface area contributed by atoms with Gasteiger partial charge in [-0.15, -0.1) is 6.58 Å². The van der Waals surface area contributed by atoms with Gasteiger partial charge >= 0.3 is 0 Å². The van der Waals surface area contributed by atoms with E-state index in [9.17, 15) is 8.42 Å². The Balaban J connectivity index is 0. The summed E-state index contributed by atoms with van der Waals surface area (Å²) in [6.07, 6.45) is 1.12. The molecule has 0 saturated carbocycles. The number of aliphatic hydroxyl groups is 2. The number of rotatable bonds is 6. The molecule has 0 bridgehead atoms. The molecule has 0 heterocycles. The van der Waals surface area contributed by atoms with Crippen molar-refractivity contribution < 1.29 is 23.2 Å². The Bertz CT molecular complexity index is 210. The van der Waals surface area contributed by atoms with Gasteiger partial charge in [0.25, 0.3) is 10.1 Å². The highest BCUT2D eigenvalue weighted by molar-refractivity contribution is 7.85. The average Bonchev–Trinajstić information content (AvgIpc) is 2.04. The Morgan fingerprint density at radius 3 is 1.79 bits per heavy atom. The number of hydrogen-bond acceptors (Lipinski definition) is 5. The van der Waals surface area contributed by atoms with Gasteiger partial charge in [-0.05, 0) is 0 Å². The number of nitrogens with one attached hydrogen (secondary N) is 1. The Kier molecular flexibility index (Phi) is 12.1. The van der Waals surface area contributed by atoms with E-state index in [1.165, 1.54) is 0 Å². The summed E-state index contributed by atoms with van der Waals surface area (Å²) in [5.74, 6) is -0.368. The van der Waals surface area contributed by atoms with Crippen molar-refractivity contribution in [2.24, 2.45) is 0 Å². The molecule has 0 aromatic rings. The third-order valence-electron chi connectivity index (χ3n) is 0.906. The van der Waals surface area contributed by atoms with Gasteiger partial charge in [-0.25, -0.2) is 0 Å². The van der Waals surface area contributed by atoms with Gasteiger partial charge in [-0.1, -0.05) is 6.08 Å². The average molecular weight is 227 g/mol. The fraction of sp³-hybridized carbons (Fsp3) is 0.714. The lowest BCUT2D eigenvalue weighted by Crippen LogP contribution is -2.21. The van der Waals surface area contributed by atoms with Crippen LogP contribution in [0.25, 0.3) is 0 Å². The van der Waals surface area contributed by atoms with Crippen LogP contribution in [0, 0.1) is 0 Å². The molecule has 0 aromatic heterocycles. The molecule has 0 atom stereocenters. The van der Waals surface area contributed by atoms with Gasteiger partial charge in [-0.2, -0.15) is 8.42 Å². The molecular weight excluding hydrogens is 210 g/mol. The van der Waals surface area contributed by atoms with Crippen LogP contribution in [-0.2, 0) is 10.1 Å². The van der Waals surface area contributed by atoms with E-state index < -0.39 is 10.1 Å². The van der Waals surface area contributed by atoms with E-state index in [1.807, 2.05) is 0 Å². The minimum atomic E-state index is -3.79. The summed E-state index contributed by atoms with van der Waals surface area (Å²) in [5.41, 5.74) is 0. The molecule has 6 nitrogen and oxygen atoms in total. The molecule has 0 aliphatic carbocycles. The second-order valence-corrected chi connectivity index (χ2v) is 3.73. The first-order chi connectivity index (χ1) is 6.47. The monoisotopic (exact) mass is 227 g/mol. The van der Waals surface area contributed by atoms with E-state index in [0.717, 1.165) is 6.08 Å². The van der Waals surface area contributed by atoms with Gasteiger partial charge in [0, 0.05) is 13.1 Å².